The SMILES string of the molecule is O=C(O)C1(NC2CCCCCC2)CC2CCC1C2. The minimum atomic E-state index is -0.584. The zero-order valence-corrected chi connectivity index (χ0v) is 11.2. The Morgan fingerprint density at radius 3 is 2.28 bits per heavy atom. The molecule has 3 unspecified atom stereocenters. The van der Waals surface area contributed by atoms with E-state index >= 15 is 0 Å². The number of rotatable bonds is 3. The lowest BCUT2D eigenvalue weighted by molar-refractivity contribution is -0.148. The number of hydrogen-bond donors (Lipinski definition) is 2. The molecule has 18 heavy (non-hydrogen) atoms. The van der Waals surface area contributed by atoms with E-state index in [-0.39, 0.29) is 0 Å². The molecule has 3 rings (SSSR count). The highest BCUT2D eigenvalue weighted by molar-refractivity contribution is 5.80. The molecule has 3 aliphatic carbocycles. The van der Waals surface area contributed by atoms with Gasteiger partial charge in [-0.05, 0) is 43.9 Å². The highest BCUT2D eigenvalue weighted by Crippen LogP contribution is 2.51. The van der Waals surface area contributed by atoms with Crippen LogP contribution in [0.5, 0.6) is 0 Å². The monoisotopic (exact) mass is 251 g/mol. The summed E-state index contributed by atoms with van der Waals surface area (Å²) < 4.78 is 0. The number of nitrogens with one attached hydrogen (secondary N) is 1. The number of hydrogen-bond acceptors (Lipinski definition) is 2. The van der Waals surface area contributed by atoms with E-state index in [2.05, 4.69) is 5.32 Å². The maximum absolute atomic E-state index is 11.8. The van der Waals surface area contributed by atoms with E-state index < -0.39 is 11.5 Å². The van der Waals surface area contributed by atoms with Gasteiger partial charge < -0.3 is 5.11 Å². The topological polar surface area (TPSA) is 49.3 Å². The van der Waals surface area contributed by atoms with Crippen LogP contribution in [0.15, 0.2) is 0 Å². The summed E-state index contributed by atoms with van der Waals surface area (Å²) in [6, 6.07) is 0.447. The highest BCUT2D eigenvalue weighted by atomic mass is 16.4. The van der Waals surface area contributed by atoms with Crippen LogP contribution in [0, 0.1) is 11.8 Å². The second kappa shape index (κ2) is 4.84. The van der Waals surface area contributed by atoms with Crippen LogP contribution in [0.25, 0.3) is 0 Å². The fourth-order valence-corrected chi connectivity index (χ4v) is 4.62. The lowest BCUT2D eigenvalue weighted by Gasteiger charge is -2.38. The average molecular weight is 251 g/mol. The van der Waals surface area contributed by atoms with Crippen molar-refractivity contribution < 1.29 is 9.90 Å². The first-order valence-electron chi connectivity index (χ1n) is 7.72. The Morgan fingerprint density at radius 1 is 1.06 bits per heavy atom. The predicted molar refractivity (Wildman–Crippen MR) is 70.4 cm³/mol. The van der Waals surface area contributed by atoms with Gasteiger partial charge >= 0.3 is 5.97 Å². The van der Waals surface area contributed by atoms with Crippen LogP contribution in [-0.4, -0.2) is 22.7 Å². The zero-order chi connectivity index (χ0) is 12.6. The van der Waals surface area contributed by atoms with Gasteiger partial charge in [-0.25, -0.2) is 0 Å². The van der Waals surface area contributed by atoms with Gasteiger partial charge in [0.1, 0.15) is 5.54 Å². The van der Waals surface area contributed by atoms with Crippen molar-refractivity contribution in [2.75, 3.05) is 0 Å². The third kappa shape index (κ3) is 2.07. The molecule has 3 fully saturated rings. The van der Waals surface area contributed by atoms with Crippen LogP contribution in [0.1, 0.15) is 64.2 Å². The fourth-order valence-electron chi connectivity index (χ4n) is 4.62. The lowest BCUT2D eigenvalue weighted by Crippen LogP contribution is -2.59. The number of carboxylic acids is 1. The average Bonchev–Trinajstić information content (AvgIpc) is 2.84. The summed E-state index contributed by atoms with van der Waals surface area (Å²) in [5.74, 6) is 0.478. The van der Waals surface area contributed by atoms with Gasteiger partial charge in [0.05, 0.1) is 0 Å². The van der Waals surface area contributed by atoms with Gasteiger partial charge in [-0.3, -0.25) is 10.1 Å². The van der Waals surface area contributed by atoms with Crippen LogP contribution in [0.2, 0.25) is 0 Å². The minimum Gasteiger partial charge on any atom is -0.480 e. The number of carbonyl (C=O) groups is 1. The molecule has 0 amide bonds. The Kier molecular flexibility index (Phi) is 3.35. The van der Waals surface area contributed by atoms with Crippen LogP contribution >= 0.6 is 0 Å². The molecule has 0 spiro atoms. The molecular weight excluding hydrogens is 226 g/mol. The molecular formula is C15H25NO2. The third-order valence-electron chi connectivity index (χ3n) is 5.55. The van der Waals surface area contributed by atoms with Crippen LogP contribution < -0.4 is 5.32 Å². The number of aliphatic carboxylic acids is 1. The van der Waals surface area contributed by atoms with Crippen molar-refractivity contribution in [2.24, 2.45) is 11.8 Å². The Morgan fingerprint density at radius 2 is 1.78 bits per heavy atom. The fraction of sp³-hybridized carbons (Fsp3) is 0.933. The van der Waals surface area contributed by atoms with E-state index in [0.29, 0.717) is 17.9 Å². The van der Waals surface area contributed by atoms with Crippen molar-refractivity contribution in [3.8, 4) is 0 Å². The molecule has 0 saturated heterocycles. The van der Waals surface area contributed by atoms with Gasteiger partial charge in [-0.1, -0.05) is 32.1 Å². The van der Waals surface area contributed by atoms with Crippen LogP contribution in [0.4, 0.5) is 0 Å². The molecule has 0 aliphatic heterocycles. The normalized spacial score (nSPS) is 40.9. The van der Waals surface area contributed by atoms with Crippen molar-refractivity contribution in [1.29, 1.82) is 0 Å². The molecule has 3 atom stereocenters. The van der Waals surface area contributed by atoms with Crippen molar-refractivity contribution in [3.05, 3.63) is 0 Å². The Balaban J connectivity index is 1.72. The summed E-state index contributed by atoms with van der Waals surface area (Å²) in [5.41, 5.74) is -0.572. The molecule has 3 heteroatoms. The molecule has 0 aromatic carbocycles. The Labute approximate surface area is 109 Å². The Bertz CT molecular complexity index is 322. The van der Waals surface area contributed by atoms with Gasteiger partial charge in [-0.2, -0.15) is 0 Å². The second-order valence-corrected chi connectivity index (χ2v) is 6.69. The van der Waals surface area contributed by atoms with E-state index in [9.17, 15) is 9.90 Å². The molecule has 0 aromatic rings. The minimum absolute atomic E-state index is 0.392. The van der Waals surface area contributed by atoms with E-state index in [4.69, 9.17) is 0 Å². The molecule has 3 aliphatic rings. The molecule has 0 heterocycles. The first-order valence-corrected chi connectivity index (χ1v) is 7.72. The molecule has 102 valence electrons. The van der Waals surface area contributed by atoms with Crippen molar-refractivity contribution in [3.63, 3.8) is 0 Å². The van der Waals surface area contributed by atoms with Gasteiger partial charge in [-0.15, -0.1) is 0 Å². The van der Waals surface area contributed by atoms with E-state index in [1.54, 1.807) is 0 Å². The summed E-state index contributed by atoms with van der Waals surface area (Å²) in [5, 5.41) is 13.3. The molecule has 2 N–H and O–H groups in total. The van der Waals surface area contributed by atoms with Crippen molar-refractivity contribution >= 4 is 5.97 Å². The molecule has 2 bridgehead atoms. The lowest BCUT2D eigenvalue weighted by atomic mass is 9.80. The summed E-state index contributed by atoms with van der Waals surface area (Å²) in [7, 11) is 0. The standard InChI is InChI=1S/C15H25NO2/c17-14(18)15(10-11-7-8-12(15)9-11)16-13-5-3-1-2-4-6-13/h11-13,16H,1-10H2,(H,17,18). The van der Waals surface area contributed by atoms with E-state index in [1.807, 2.05) is 0 Å². The van der Waals surface area contributed by atoms with Gasteiger partial charge in [0.15, 0.2) is 0 Å². The molecule has 3 saturated carbocycles. The van der Waals surface area contributed by atoms with E-state index in [1.165, 1.54) is 44.9 Å². The third-order valence-corrected chi connectivity index (χ3v) is 5.55. The molecule has 0 radical (unpaired) electrons. The quantitative estimate of drug-likeness (QED) is 0.758. The summed E-state index contributed by atoms with van der Waals surface area (Å²) >= 11 is 0. The summed E-state index contributed by atoms with van der Waals surface area (Å²) in [4.78, 5) is 11.8. The number of fused-ring (bicyclic) bond motifs is 2. The van der Waals surface area contributed by atoms with Gasteiger partial charge in [0.2, 0.25) is 0 Å². The first-order chi connectivity index (χ1) is 8.71. The molecule has 3 nitrogen and oxygen atoms in total. The van der Waals surface area contributed by atoms with Crippen LogP contribution in [0.3, 0.4) is 0 Å². The van der Waals surface area contributed by atoms with Gasteiger partial charge in [0.25, 0.3) is 0 Å². The number of carboxylic acid groups (broad SMARTS) is 1. The molecule has 0 aromatic heterocycles. The largest absolute Gasteiger partial charge is 0.480 e. The maximum Gasteiger partial charge on any atom is 0.324 e. The van der Waals surface area contributed by atoms with Crippen LogP contribution in [-0.2, 0) is 4.79 Å². The smallest absolute Gasteiger partial charge is 0.324 e. The first kappa shape index (κ1) is 12.5. The highest BCUT2D eigenvalue weighted by Gasteiger charge is 2.56. The summed E-state index contributed by atoms with van der Waals surface area (Å²) in [6.45, 7) is 0. The maximum atomic E-state index is 11.8. The Hall–Kier alpha value is -0.570. The van der Waals surface area contributed by atoms with E-state index in [0.717, 1.165) is 19.3 Å². The van der Waals surface area contributed by atoms with Gasteiger partial charge in [0, 0.05) is 6.04 Å². The second-order valence-electron chi connectivity index (χ2n) is 6.69. The predicted octanol–water partition coefficient (Wildman–Crippen LogP) is 2.94. The van der Waals surface area contributed by atoms with Crippen molar-refractivity contribution in [2.45, 2.75) is 75.8 Å². The zero-order valence-electron chi connectivity index (χ0n) is 11.2. The summed E-state index contributed by atoms with van der Waals surface area (Å²) in [6.07, 6.45) is 11.9. The van der Waals surface area contributed by atoms with Crippen molar-refractivity contribution in [1.82, 2.24) is 5.32 Å².